The lowest BCUT2D eigenvalue weighted by molar-refractivity contribution is -0.0149. The number of ether oxygens (including phenoxy) is 1. The third-order valence-electron chi connectivity index (χ3n) is 3.10. The van der Waals surface area contributed by atoms with E-state index in [9.17, 15) is 5.11 Å². The fourth-order valence-corrected chi connectivity index (χ4v) is 2.02. The van der Waals surface area contributed by atoms with Gasteiger partial charge in [0.05, 0.1) is 18.6 Å². The highest BCUT2D eigenvalue weighted by Crippen LogP contribution is 2.26. The summed E-state index contributed by atoms with van der Waals surface area (Å²) < 4.78 is 12.3. The van der Waals surface area contributed by atoms with Crippen LogP contribution in [0.25, 0.3) is 11.6 Å². The van der Waals surface area contributed by atoms with Crippen LogP contribution in [0.3, 0.4) is 0 Å². The van der Waals surface area contributed by atoms with E-state index in [2.05, 4.69) is 15.1 Å². The van der Waals surface area contributed by atoms with Crippen molar-refractivity contribution >= 4 is 0 Å². The zero-order chi connectivity index (χ0) is 12.5. The van der Waals surface area contributed by atoms with E-state index in [1.807, 2.05) is 17.8 Å². The molecule has 7 nitrogen and oxygen atoms in total. The second-order valence-corrected chi connectivity index (χ2v) is 4.36. The van der Waals surface area contributed by atoms with E-state index in [-0.39, 0.29) is 5.92 Å². The minimum atomic E-state index is -0.492. The molecule has 2 aromatic heterocycles. The average molecular weight is 250 g/mol. The summed E-state index contributed by atoms with van der Waals surface area (Å²) in [5, 5.41) is 13.8. The first kappa shape index (κ1) is 11.4. The predicted octanol–water partition coefficient (Wildman–Crippen LogP) is 0.335. The SMILES string of the molecule is Cn1ccnc1-c1noc(C2COCCC2O)n1. The van der Waals surface area contributed by atoms with Crippen LogP contribution >= 0.6 is 0 Å². The van der Waals surface area contributed by atoms with E-state index >= 15 is 0 Å². The van der Waals surface area contributed by atoms with E-state index in [0.29, 0.717) is 37.2 Å². The number of nitrogens with zero attached hydrogens (tertiary/aromatic N) is 4. The summed E-state index contributed by atoms with van der Waals surface area (Å²) in [6.45, 7) is 0.974. The zero-order valence-corrected chi connectivity index (χ0v) is 9.98. The van der Waals surface area contributed by atoms with Crippen molar-refractivity contribution in [3.05, 3.63) is 18.3 Å². The highest BCUT2D eigenvalue weighted by atomic mass is 16.5. The highest BCUT2D eigenvalue weighted by molar-refractivity contribution is 5.42. The van der Waals surface area contributed by atoms with Gasteiger partial charge < -0.3 is 18.9 Å². The van der Waals surface area contributed by atoms with Gasteiger partial charge in [0.2, 0.25) is 11.7 Å². The number of imidazole rings is 1. The summed E-state index contributed by atoms with van der Waals surface area (Å²) in [4.78, 5) is 8.43. The fraction of sp³-hybridized carbons (Fsp3) is 0.545. The van der Waals surface area contributed by atoms with Crippen molar-refractivity contribution in [3.63, 3.8) is 0 Å². The summed E-state index contributed by atoms with van der Waals surface area (Å²) in [7, 11) is 1.86. The Bertz CT molecular complexity index is 536. The fourth-order valence-electron chi connectivity index (χ4n) is 2.02. The number of aliphatic hydroxyl groups excluding tert-OH is 1. The van der Waals surface area contributed by atoms with Crippen molar-refractivity contribution in [2.24, 2.45) is 7.05 Å². The van der Waals surface area contributed by atoms with Crippen LogP contribution < -0.4 is 0 Å². The van der Waals surface area contributed by atoms with E-state index in [1.54, 1.807) is 6.20 Å². The van der Waals surface area contributed by atoms with E-state index in [0.717, 1.165) is 0 Å². The standard InChI is InChI=1S/C11H14N4O3/c1-15-4-3-12-10(15)9-13-11(18-14-9)7-6-17-5-2-8(7)16/h3-4,7-8,16H,2,5-6H2,1H3. The smallest absolute Gasteiger partial charge is 0.238 e. The summed E-state index contributed by atoms with van der Waals surface area (Å²) in [5.41, 5.74) is 0. The zero-order valence-electron chi connectivity index (χ0n) is 9.98. The first-order chi connectivity index (χ1) is 8.75. The molecule has 96 valence electrons. The first-order valence-corrected chi connectivity index (χ1v) is 5.83. The van der Waals surface area contributed by atoms with E-state index < -0.39 is 6.10 Å². The molecular weight excluding hydrogens is 236 g/mol. The van der Waals surface area contributed by atoms with Crippen molar-refractivity contribution in [1.82, 2.24) is 19.7 Å². The van der Waals surface area contributed by atoms with Gasteiger partial charge in [-0.2, -0.15) is 4.98 Å². The molecule has 18 heavy (non-hydrogen) atoms. The molecular formula is C11H14N4O3. The molecule has 1 saturated heterocycles. The lowest BCUT2D eigenvalue weighted by atomic mass is 9.99. The average Bonchev–Trinajstić information content (AvgIpc) is 2.98. The Morgan fingerprint density at radius 1 is 1.50 bits per heavy atom. The quantitative estimate of drug-likeness (QED) is 0.826. The van der Waals surface area contributed by atoms with Crippen LogP contribution in [0.1, 0.15) is 18.2 Å². The summed E-state index contributed by atoms with van der Waals surface area (Å²) in [6.07, 6.45) is 3.58. The van der Waals surface area contributed by atoms with Crippen LogP contribution in [0.4, 0.5) is 0 Å². The third kappa shape index (κ3) is 1.91. The number of hydrogen-bond donors (Lipinski definition) is 1. The summed E-state index contributed by atoms with van der Waals surface area (Å²) >= 11 is 0. The molecule has 3 heterocycles. The maximum Gasteiger partial charge on any atom is 0.238 e. The largest absolute Gasteiger partial charge is 0.392 e. The van der Waals surface area contributed by atoms with Gasteiger partial charge >= 0.3 is 0 Å². The summed E-state index contributed by atoms with van der Waals surface area (Å²) in [5.74, 6) is 1.21. The molecule has 2 aromatic rings. The van der Waals surface area contributed by atoms with Crippen molar-refractivity contribution in [1.29, 1.82) is 0 Å². The lowest BCUT2D eigenvalue weighted by Gasteiger charge is -2.24. The Balaban J connectivity index is 1.87. The van der Waals surface area contributed by atoms with Crippen LogP contribution in [0.2, 0.25) is 0 Å². The number of aliphatic hydroxyl groups is 1. The molecule has 1 aliphatic rings. The maximum absolute atomic E-state index is 9.89. The highest BCUT2D eigenvalue weighted by Gasteiger charge is 2.30. The number of aromatic nitrogens is 4. The topological polar surface area (TPSA) is 86.2 Å². The summed E-state index contributed by atoms with van der Waals surface area (Å²) in [6, 6.07) is 0. The molecule has 0 aliphatic carbocycles. The molecule has 2 atom stereocenters. The molecule has 1 fully saturated rings. The molecule has 7 heteroatoms. The predicted molar refractivity (Wildman–Crippen MR) is 60.7 cm³/mol. The molecule has 0 radical (unpaired) electrons. The minimum absolute atomic E-state index is 0.250. The van der Waals surface area contributed by atoms with Crippen molar-refractivity contribution < 1.29 is 14.4 Å². The van der Waals surface area contributed by atoms with E-state index in [4.69, 9.17) is 9.26 Å². The second kappa shape index (κ2) is 4.51. The molecule has 0 bridgehead atoms. The van der Waals surface area contributed by atoms with Crippen LogP contribution in [-0.4, -0.2) is 44.1 Å². The number of aryl methyl sites for hydroxylation is 1. The Morgan fingerprint density at radius 3 is 3.11 bits per heavy atom. The Kier molecular flexibility index (Phi) is 2.85. The van der Waals surface area contributed by atoms with Crippen LogP contribution in [0, 0.1) is 0 Å². The number of rotatable bonds is 2. The van der Waals surface area contributed by atoms with Crippen molar-refractivity contribution in [3.8, 4) is 11.6 Å². The van der Waals surface area contributed by atoms with E-state index in [1.165, 1.54) is 0 Å². The van der Waals surface area contributed by atoms with Gasteiger partial charge in [-0.1, -0.05) is 5.16 Å². The maximum atomic E-state index is 9.89. The van der Waals surface area contributed by atoms with Gasteiger partial charge in [0.1, 0.15) is 0 Å². The molecule has 0 aromatic carbocycles. The molecule has 0 amide bonds. The molecule has 0 spiro atoms. The Labute approximate surface area is 103 Å². The van der Waals surface area contributed by atoms with Gasteiger partial charge in [-0.3, -0.25) is 0 Å². The van der Waals surface area contributed by atoms with Crippen molar-refractivity contribution in [2.45, 2.75) is 18.4 Å². The van der Waals surface area contributed by atoms with Gasteiger partial charge in [-0.05, 0) is 6.42 Å². The Morgan fingerprint density at radius 2 is 2.39 bits per heavy atom. The monoisotopic (exact) mass is 250 g/mol. The molecule has 3 rings (SSSR count). The van der Waals surface area contributed by atoms with Gasteiger partial charge in [0, 0.05) is 26.0 Å². The van der Waals surface area contributed by atoms with Gasteiger partial charge in [0.25, 0.3) is 0 Å². The third-order valence-corrected chi connectivity index (χ3v) is 3.10. The first-order valence-electron chi connectivity index (χ1n) is 5.83. The molecule has 1 N–H and O–H groups in total. The van der Waals surface area contributed by atoms with Crippen molar-refractivity contribution in [2.75, 3.05) is 13.2 Å². The van der Waals surface area contributed by atoms with Crippen LogP contribution in [-0.2, 0) is 11.8 Å². The second-order valence-electron chi connectivity index (χ2n) is 4.36. The lowest BCUT2D eigenvalue weighted by Crippen LogP contribution is -2.30. The number of hydrogen-bond acceptors (Lipinski definition) is 6. The van der Waals surface area contributed by atoms with Crippen LogP contribution in [0.15, 0.2) is 16.9 Å². The molecule has 2 unspecified atom stereocenters. The van der Waals surface area contributed by atoms with Gasteiger partial charge in [-0.25, -0.2) is 4.98 Å². The molecule has 1 aliphatic heterocycles. The minimum Gasteiger partial charge on any atom is -0.392 e. The Hall–Kier alpha value is -1.73. The normalized spacial score (nSPS) is 24.3. The van der Waals surface area contributed by atoms with Crippen LogP contribution in [0.5, 0.6) is 0 Å². The van der Waals surface area contributed by atoms with Gasteiger partial charge in [0.15, 0.2) is 5.82 Å². The van der Waals surface area contributed by atoms with Gasteiger partial charge in [-0.15, -0.1) is 0 Å². The molecule has 0 saturated carbocycles.